The van der Waals surface area contributed by atoms with Crippen molar-refractivity contribution in [1.29, 1.82) is 0 Å². The van der Waals surface area contributed by atoms with Gasteiger partial charge in [0.25, 0.3) is 0 Å². The first-order valence-electron chi connectivity index (χ1n) is 10.3. The second kappa shape index (κ2) is 6.15. The number of allylic oxidation sites excluding steroid dienone is 4. The molecular formula is C23H36O. The van der Waals surface area contributed by atoms with Crippen LogP contribution in [-0.2, 0) is 4.79 Å². The summed E-state index contributed by atoms with van der Waals surface area (Å²) in [6.07, 6.45) is 11.7. The molecule has 0 aromatic carbocycles. The van der Waals surface area contributed by atoms with Crippen LogP contribution in [-0.4, -0.2) is 5.78 Å². The molecule has 4 rings (SSSR count). The molecule has 0 amide bonds. The van der Waals surface area contributed by atoms with Gasteiger partial charge in [-0.15, -0.1) is 0 Å². The molecule has 24 heavy (non-hydrogen) atoms. The summed E-state index contributed by atoms with van der Waals surface area (Å²) in [4.78, 5) is 12.0. The number of rotatable bonds is 0. The van der Waals surface area contributed by atoms with Crippen molar-refractivity contribution in [3.63, 3.8) is 0 Å². The van der Waals surface area contributed by atoms with Gasteiger partial charge in [0.05, 0.1) is 0 Å². The number of ketones is 1. The molecule has 2 saturated carbocycles. The molecule has 0 aliphatic heterocycles. The highest BCUT2D eigenvalue weighted by atomic mass is 16.1. The number of carbonyl (C=O) groups is 1. The fourth-order valence-electron chi connectivity index (χ4n) is 6.77. The van der Waals surface area contributed by atoms with Gasteiger partial charge in [-0.25, -0.2) is 0 Å². The number of hydrogen-bond donors (Lipinski definition) is 0. The van der Waals surface area contributed by atoms with Gasteiger partial charge in [0.1, 0.15) is 0 Å². The molecule has 4 aliphatic carbocycles. The van der Waals surface area contributed by atoms with E-state index in [4.69, 9.17) is 0 Å². The predicted octanol–water partition coefficient (Wildman–Crippen LogP) is 6.35. The van der Waals surface area contributed by atoms with Crippen molar-refractivity contribution in [1.82, 2.24) is 0 Å². The Morgan fingerprint density at radius 3 is 2.50 bits per heavy atom. The van der Waals surface area contributed by atoms with Crippen LogP contribution in [0.3, 0.4) is 0 Å². The lowest BCUT2D eigenvalue weighted by Crippen LogP contribution is -2.51. The highest BCUT2D eigenvalue weighted by molar-refractivity contribution is 5.91. The molecule has 0 heterocycles. The predicted molar refractivity (Wildman–Crippen MR) is 102 cm³/mol. The Hall–Kier alpha value is -0.850. The van der Waals surface area contributed by atoms with Gasteiger partial charge in [-0.05, 0) is 79.6 Å². The summed E-state index contributed by atoms with van der Waals surface area (Å²) in [6, 6.07) is 0. The van der Waals surface area contributed by atoms with Crippen molar-refractivity contribution in [3.05, 3.63) is 23.3 Å². The molecule has 1 heteroatoms. The first-order chi connectivity index (χ1) is 11.4. The van der Waals surface area contributed by atoms with Gasteiger partial charge in [-0.2, -0.15) is 0 Å². The lowest BCUT2D eigenvalue weighted by atomic mass is 9.45. The zero-order valence-electron chi connectivity index (χ0n) is 16.6. The van der Waals surface area contributed by atoms with E-state index in [9.17, 15) is 4.79 Å². The Balaban J connectivity index is 0.000000815. The summed E-state index contributed by atoms with van der Waals surface area (Å²) >= 11 is 0. The third kappa shape index (κ3) is 2.37. The topological polar surface area (TPSA) is 17.1 Å². The summed E-state index contributed by atoms with van der Waals surface area (Å²) in [5.74, 6) is 3.48. The van der Waals surface area contributed by atoms with Crippen LogP contribution in [0.4, 0.5) is 0 Å². The molecule has 0 radical (unpaired) electrons. The lowest BCUT2D eigenvalue weighted by Gasteiger charge is -2.59. The summed E-state index contributed by atoms with van der Waals surface area (Å²) in [6.45, 7) is 13.7. The highest BCUT2D eigenvalue weighted by Gasteiger charge is 2.57. The monoisotopic (exact) mass is 328 g/mol. The summed E-state index contributed by atoms with van der Waals surface area (Å²) in [7, 11) is 0. The minimum absolute atomic E-state index is 0.300. The van der Waals surface area contributed by atoms with E-state index >= 15 is 0 Å². The van der Waals surface area contributed by atoms with Gasteiger partial charge >= 0.3 is 0 Å². The minimum Gasteiger partial charge on any atom is -0.295 e. The van der Waals surface area contributed by atoms with Crippen LogP contribution >= 0.6 is 0 Å². The third-order valence-corrected chi connectivity index (χ3v) is 8.25. The maximum absolute atomic E-state index is 12.0. The lowest BCUT2D eigenvalue weighted by molar-refractivity contribution is -0.117. The molecule has 6 atom stereocenters. The summed E-state index contributed by atoms with van der Waals surface area (Å²) in [5, 5.41) is 0. The Morgan fingerprint density at radius 1 is 1.08 bits per heavy atom. The normalized spacial score (nSPS) is 46.7. The minimum atomic E-state index is 0.300. The van der Waals surface area contributed by atoms with E-state index in [0.29, 0.717) is 22.5 Å². The molecule has 0 bridgehead atoms. The Labute approximate surface area is 149 Å². The van der Waals surface area contributed by atoms with Crippen molar-refractivity contribution in [3.8, 4) is 0 Å². The van der Waals surface area contributed by atoms with Gasteiger partial charge in [0, 0.05) is 6.42 Å². The molecule has 0 aromatic heterocycles. The van der Waals surface area contributed by atoms with Crippen LogP contribution in [0.25, 0.3) is 0 Å². The SMILES string of the molecule is CC.CC1=CCC2C3CC(C)C4=CC(=O)CCC4(C)C3CCC12C. The van der Waals surface area contributed by atoms with E-state index in [1.165, 1.54) is 31.3 Å². The van der Waals surface area contributed by atoms with E-state index in [2.05, 4.69) is 33.8 Å². The molecule has 4 aliphatic rings. The first kappa shape index (κ1) is 18.0. The fraction of sp³-hybridized carbons (Fsp3) is 0.783. The van der Waals surface area contributed by atoms with E-state index in [1.54, 1.807) is 5.57 Å². The molecular weight excluding hydrogens is 292 g/mol. The smallest absolute Gasteiger partial charge is 0.155 e. The Morgan fingerprint density at radius 2 is 1.79 bits per heavy atom. The van der Waals surface area contributed by atoms with E-state index in [1.807, 2.05) is 19.9 Å². The van der Waals surface area contributed by atoms with Gasteiger partial charge in [-0.1, -0.05) is 51.8 Å². The zero-order valence-corrected chi connectivity index (χ0v) is 16.6. The van der Waals surface area contributed by atoms with Crippen molar-refractivity contribution >= 4 is 5.78 Å². The second-order valence-corrected chi connectivity index (χ2v) is 9.08. The van der Waals surface area contributed by atoms with Crippen LogP contribution in [0.2, 0.25) is 0 Å². The average molecular weight is 329 g/mol. The Bertz CT molecular complexity index is 583. The average Bonchev–Trinajstić information content (AvgIpc) is 2.87. The fourth-order valence-corrected chi connectivity index (χ4v) is 6.77. The van der Waals surface area contributed by atoms with E-state index in [-0.39, 0.29) is 0 Å². The number of hydrogen-bond acceptors (Lipinski definition) is 1. The molecule has 0 spiro atoms. The van der Waals surface area contributed by atoms with Crippen LogP contribution in [0.1, 0.15) is 80.1 Å². The van der Waals surface area contributed by atoms with Gasteiger partial charge in [0.2, 0.25) is 0 Å². The van der Waals surface area contributed by atoms with Gasteiger partial charge < -0.3 is 0 Å². The van der Waals surface area contributed by atoms with Crippen molar-refractivity contribution in [2.45, 2.75) is 80.1 Å². The molecule has 0 aromatic rings. The third-order valence-electron chi connectivity index (χ3n) is 8.25. The van der Waals surface area contributed by atoms with Gasteiger partial charge in [-0.3, -0.25) is 4.79 Å². The second-order valence-electron chi connectivity index (χ2n) is 9.08. The maximum atomic E-state index is 12.0. The van der Waals surface area contributed by atoms with Crippen LogP contribution in [0, 0.1) is 34.5 Å². The molecule has 6 unspecified atom stereocenters. The number of fused-ring (bicyclic) bond motifs is 5. The van der Waals surface area contributed by atoms with Crippen LogP contribution < -0.4 is 0 Å². The standard InChI is InChI=1S/C21H30O.C2H6/c1-13-11-16-17-6-5-14(2)20(17,3)10-8-18(16)21(4)9-7-15(22)12-19(13)21;1-2/h5,12-13,16-18H,6-11H2,1-4H3;1-2H3. The molecule has 0 saturated heterocycles. The van der Waals surface area contributed by atoms with E-state index < -0.39 is 0 Å². The van der Waals surface area contributed by atoms with Crippen LogP contribution in [0.5, 0.6) is 0 Å². The zero-order chi connectivity index (χ0) is 17.7. The summed E-state index contributed by atoms with van der Waals surface area (Å²) in [5.41, 5.74) is 3.90. The molecule has 0 N–H and O–H groups in total. The first-order valence-corrected chi connectivity index (χ1v) is 10.3. The molecule has 1 nitrogen and oxygen atoms in total. The maximum Gasteiger partial charge on any atom is 0.155 e. The van der Waals surface area contributed by atoms with Crippen molar-refractivity contribution < 1.29 is 4.79 Å². The van der Waals surface area contributed by atoms with Crippen molar-refractivity contribution in [2.24, 2.45) is 34.5 Å². The summed E-state index contributed by atoms with van der Waals surface area (Å²) < 4.78 is 0. The quantitative estimate of drug-likeness (QED) is 0.474. The van der Waals surface area contributed by atoms with Gasteiger partial charge in [0.15, 0.2) is 5.78 Å². The van der Waals surface area contributed by atoms with Crippen molar-refractivity contribution in [2.75, 3.05) is 0 Å². The molecule has 134 valence electrons. The highest BCUT2D eigenvalue weighted by Crippen LogP contribution is 2.66. The van der Waals surface area contributed by atoms with E-state index in [0.717, 1.165) is 30.6 Å². The molecule has 2 fully saturated rings. The van der Waals surface area contributed by atoms with Crippen LogP contribution in [0.15, 0.2) is 23.3 Å². The largest absolute Gasteiger partial charge is 0.295 e. The Kier molecular flexibility index (Phi) is 4.60. The number of carbonyl (C=O) groups excluding carboxylic acids is 1.